The van der Waals surface area contributed by atoms with Crippen LogP contribution < -0.4 is 10.5 Å². The third-order valence-electron chi connectivity index (χ3n) is 2.99. The van der Waals surface area contributed by atoms with Crippen molar-refractivity contribution >= 4 is 27.2 Å². The van der Waals surface area contributed by atoms with Crippen molar-refractivity contribution in [1.29, 1.82) is 0 Å². The van der Waals surface area contributed by atoms with E-state index >= 15 is 0 Å². The summed E-state index contributed by atoms with van der Waals surface area (Å²) < 4.78 is 26.8. The van der Waals surface area contributed by atoms with Crippen molar-refractivity contribution in [3.8, 4) is 0 Å². The number of nitrogens with one attached hydrogen (secondary N) is 1. The summed E-state index contributed by atoms with van der Waals surface area (Å²) in [6.45, 7) is 5.79. The van der Waals surface area contributed by atoms with E-state index in [1.807, 2.05) is 20.8 Å². The second kappa shape index (κ2) is 6.45. The van der Waals surface area contributed by atoms with Crippen LogP contribution in [-0.4, -0.2) is 19.4 Å². The minimum Gasteiger partial charge on any atom is -0.389 e. The van der Waals surface area contributed by atoms with Crippen LogP contribution in [0.2, 0.25) is 0 Å². The quantitative estimate of drug-likeness (QED) is 0.786. The molecule has 1 aromatic rings. The van der Waals surface area contributed by atoms with Gasteiger partial charge in [0.05, 0.1) is 5.75 Å². The largest absolute Gasteiger partial charge is 0.389 e. The first-order valence-corrected chi connectivity index (χ1v) is 8.16. The number of benzene rings is 1. The number of hydrogen-bond acceptors (Lipinski definition) is 3. The number of nitrogens with two attached hydrogens (primary N) is 1. The molecule has 0 amide bonds. The van der Waals surface area contributed by atoms with E-state index < -0.39 is 10.0 Å². The summed E-state index contributed by atoms with van der Waals surface area (Å²) in [4.78, 5) is 0.211. The first-order chi connectivity index (χ1) is 8.73. The standard InChI is InChI=1S/C13H20N2O2S2/c1-9(2)10(3)15-19(16,17)8-11-6-4-5-7-12(11)13(14)18/h4-7,9-10,15H,8H2,1-3H3,(H2,14,18). The second-order valence-corrected chi connectivity index (χ2v) is 7.12. The summed E-state index contributed by atoms with van der Waals surface area (Å²) in [6.07, 6.45) is 0. The zero-order valence-corrected chi connectivity index (χ0v) is 13.0. The van der Waals surface area contributed by atoms with Crippen molar-refractivity contribution in [2.24, 2.45) is 11.7 Å². The topological polar surface area (TPSA) is 72.2 Å². The first kappa shape index (κ1) is 16.1. The van der Waals surface area contributed by atoms with Crippen molar-refractivity contribution < 1.29 is 8.42 Å². The SMILES string of the molecule is CC(C)C(C)NS(=O)(=O)Cc1ccccc1C(N)=S. The molecule has 0 saturated carbocycles. The van der Waals surface area contributed by atoms with Crippen LogP contribution in [0.1, 0.15) is 31.9 Å². The highest BCUT2D eigenvalue weighted by Crippen LogP contribution is 2.13. The van der Waals surface area contributed by atoms with Crippen molar-refractivity contribution in [2.45, 2.75) is 32.6 Å². The lowest BCUT2D eigenvalue weighted by atomic mass is 10.1. The molecule has 1 atom stereocenters. The molecule has 0 bridgehead atoms. The smallest absolute Gasteiger partial charge is 0.216 e. The van der Waals surface area contributed by atoms with Crippen molar-refractivity contribution in [1.82, 2.24) is 4.72 Å². The average molecular weight is 300 g/mol. The number of sulfonamides is 1. The third kappa shape index (κ3) is 4.89. The van der Waals surface area contributed by atoms with Gasteiger partial charge in [-0.15, -0.1) is 0 Å². The molecule has 1 rings (SSSR count). The van der Waals surface area contributed by atoms with E-state index in [2.05, 4.69) is 4.72 Å². The molecule has 0 aliphatic carbocycles. The fourth-order valence-corrected chi connectivity index (χ4v) is 3.33. The molecule has 1 aromatic carbocycles. The Morgan fingerprint density at radius 2 is 1.89 bits per heavy atom. The molecular weight excluding hydrogens is 280 g/mol. The summed E-state index contributed by atoms with van der Waals surface area (Å²) in [6, 6.07) is 6.92. The van der Waals surface area contributed by atoms with Gasteiger partial charge in [-0.1, -0.05) is 50.3 Å². The van der Waals surface area contributed by atoms with Gasteiger partial charge >= 0.3 is 0 Å². The van der Waals surface area contributed by atoms with E-state index in [4.69, 9.17) is 18.0 Å². The zero-order chi connectivity index (χ0) is 14.6. The Morgan fingerprint density at radius 1 is 1.32 bits per heavy atom. The molecule has 3 N–H and O–H groups in total. The molecule has 6 heteroatoms. The van der Waals surface area contributed by atoms with E-state index in [-0.39, 0.29) is 22.7 Å². The van der Waals surface area contributed by atoms with Gasteiger partial charge in [0.1, 0.15) is 4.99 Å². The molecule has 0 aliphatic heterocycles. The number of rotatable bonds is 6. The fraction of sp³-hybridized carbons (Fsp3) is 0.462. The highest BCUT2D eigenvalue weighted by atomic mass is 32.2. The van der Waals surface area contributed by atoms with E-state index in [1.54, 1.807) is 24.3 Å². The summed E-state index contributed by atoms with van der Waals surface area (Å²) in [5, 5.41) is 0. The zero-order valence-electron chi connectivity index (χ0n) is 11.4. The molecule has 0 aromatic heterocycles. The van der Waals surface area contributed by atoms with E-state index in [1.165, 1.54) is 0 Å². The molecule has 0 radical (unpaired) electrons. The summed E-state index contributed by atoms with van der Waals surface area (Å²) in [5.74, 6) is 0.123. The van der Waals surface area contributed by atoms with Gasteiger partial charge in [-0.05, 0) is 18.4 Å². The van der Waals surface area contributed by atoms with Gasteiger partial charge in [0.2, 0.25) is 10.0 Å². The van der Waals surface area contributed by atoms with Gasteiger partial charge in [0.15, 0.2) is 0 Å². The van der Waals surface area contributed by atoms with Crippen LogP contribution in [0.4, 0.5) is 0 Å². The van der Waals surface area contributed by atoms with Crippen LogP contribution >= 0.6 is 12.2 Å². The Labute approximate surface area is 120 Å². The Morgan fingerprint density at radius 3 is 2.42 bits per heavy atom. The average Bonchev–Trinajstić information content (AvgIpc) is 2.27. The van der Waals surface area contributed by atoms with E-state index in [0.717, 1.165) is 0 Å². The molecule has 0 spiro atoms. The first-order valence-electron chi connectivity index (χ1n) is 6.10. The summed E-state index contributed by atoms with van der Waals surface area (Å²) in [7, 11) is -3.40. The molecule has 0 fully saturated rings. The Hall–Kier alpha value is -0.980. The van der Waals surface area contributed by atoms with Crippen molar-refractivity contribution in [3.63, 3.8) is 0 Å². The maximum absolute atomic E-state index is 12.1. The lowest BCUT2D eigenvalue weighted by Gasteiger charge is -2.18. The lowest BCUT2D eigenvalue weighted by Crippen LogP contribution is -2.37. The highest BCUT2D eigenvalue weighted by Gasteiger charge is 2.19. The molecule has 0 saturated heterocycles. The van der Waals surface area contributed by atoms with Crippen LogP contribution in [-0.2, 0) is 15.8 Å². The Kier molecular flexibility index (Phi) is 5.46. The highest BCUT2D eigenvalue weighted by molar-refractivity contribution is 7.88. The van der Waals surface area contributed by atoms with Crippen molar-refractivity contribution in [3.05, 3.63) is 35.4 Å². The molecule has 4 nitrogen and oxygen atoms in total. The molecular formula is C13H20N2O2S2. The molecule has 0 aliphatic rings. The van der Waals surface area contributed by atoms with Crippen LogP contribution in [0, 0.1) is 5.92 Å². The monoisotopic (exact) mass is 300 g/mol. The minimum absolute atomic E-state index is 0.109. The van der Waals surface area contributed by atoms with Gasteiger partial charge in [-0.25, -0.2) is 13.1 Å². The number of thiocarbonyl (C=S) groups is 1. The molecule has 19 heavy (non-hydrogen) atoms. The van der Waals surface area contributed by atoms with Crippen LogP contribution in [0.25, 0.3) is 0 Å². The third-order valence-corrected chi connectivity index (χ3v) is 4.64. The van der Waals surface area contributed by atoms with E-state index in [0.29, 0.717) is 11.1 Å². The predicted octanol–water partition coefficient (Wildman–Crippen LogP) is 1.78. The normalized spacial score (nSPS) is 13.5. The maximum atomic E-state index is 12.1. The van der Waals surface area contributed by atoms with Crippen LogP contribution in [0.5, 0.6) is 0 Å². The van der Waals surface area contributed by atoms with Gasteiger partial charge in [-0.2, -0.15) is 0 Å². The lowest BCUT2D eigenvalue weighted by molar-refractivity contribution is 0.476. The molecule has 1 unspecified atom stereocenters. The number of hydrogen-bond donors (Lipinski definition) is 2. The predicted molar refractivity (Wildman–Crippen MR) is 82.4 cm³/mol. The summed E-state index contributed by atoms with van der Waals surface area (Å²) in [5.41, 5.74) is 6.83. The van der Waals surface area contributed by atoms with Gasteiger partial charge in [-0.3, -0.25) is 0 Å². The maximum Gasteiger partial charge on any atom is 0.216 e. The fourth-order valence-electron chi connectivity index (χ4n) is 1.55. The molecule has 106 valence electrons. The van der Waals surface area contributed by atoms with Gasteiger partial charge in [0, 0.05) is 11.6 Å². The Balaban J connectivity index is 2.93. The second-order valence-electron chi connectivity index (χ2n) is 4.93. The Bertz CT molecular complexity index is 554. The van der Waals surface area contributed by atoms with Gasteiger partial charge in [0.25, 0.3) is 0 Å². The summed E-state index contributed by atoms with van der Waals surface area (Å²) >= 11 is 4.93. The van der Waals surface area contributed by atoms with Crippen molar-refractivity contribution in [2.75, 3.05) is 0 Å². The van der Waals surface area contributed by atoms with Gasteiger partial charge < -0.3 is 5.73 Å². The molecule has 0 heterocycles. The van der Waals surface area contributed by atoms with E-state index in [9.17, 15) is 8.42 Å². The van der Waals surface area contributed by atoms with Crippen LogP contribution in [0.3, 0.4) is 0 Å². The van der Waals surface area contributed by atoms with Crippen LogP contribution in [0.15, 0.2) is 24.3 Å². The minimum atomic E-state index is -3.40.